The predicted molar refractivity (Wildman–Crippen MR) is 97.1 cm³/mol. The van der Waals surface area contributed by atoms with Crippen molar-refractivity contribution in [2.75, 3.05) is 10.2 Å². The SMILES string of the molecule is Cc1cc(NC(=O)c2coc3ccccc23)ccc1N1C(=O)CCC1=O. The first kappa shape index (κ1) is 16.1. The van der Waals surface area contributed by atoms with Gasteiger partial charge in [-0.2, -0.15) is 0 Å². The van der Waals surface area contributed by atoms with E-state index in [0.29, 0.717) is 22.5 Å². The molecule has 3 aromatic rings. The summed E-state index contributed by atoms with van der Waals surface area (Å²) in [7, 11) is 0. The highest BCUT2D eigenvalue weighted by Crippen LogP contribution is 2.29. The van der Waals surface area contributed by atoms with Crippen LogP contribution in [-0.4, -0.2) is 17.7 Å². The van der Waals surface area contributed by atoms with E-state index >= 15 is 0 Å². The Labute approximate surface area is 149 Å². The molecule has 0 atom stereocenters. The Morgan fingerprint density at radius 2 is 1.81 bits per heavy atom. The molecule has 0 saturated carbocycles. The fraction of sp³-hybridized carbons (Fsp3) is 0.150. The van der Waals surface area contributed by atoms with Crippen LogP contribution in [0.2, 0.25) is 0 Å². The molecular weight excluding hydrogens is 332 g/mol. The molecule has 4 rings (SSSR count). The van der Waals surface area contributed by atoms with Gasteiger partial charge in [-0.05, 0) is 36.8 Å². The van der Waals surface area contributed by atoms with E-state index in [1.165, 1.54) is 11.2 Å². The summed E-state index contributed by atoms with van der Waals surface area (Å²) in [6, 6.07) is 12.4. The van der Waals surface area contributed by atoms with Crippen LogP contribution >= 0.6 is 0 Å². The maximum atomic E-state index is 12.6. The third-order valence-corrected chi connectivity index (χ3v) is 4.47. The average Bonchev–Trinajstić information content (AvgIpc) is 3.19. The molecule has 1 aliphatic rings. The second-order valence-corrected chi connectivity index (χ2v) is 6.22. The maximum absolute atomic E-state index is 12.6. The fourth-order valence-electron chi connectivity index (χ4n) is 3.18. The molecule has 1 aromatic heterocycles. The minimum absolute atomic E-state index is 0.195. The number of amides is 3. The van der Waals surface area contributed by atoms with Crippen molar-refractivity contribution >= 4 is 40.1 Å². The number of nitrogens with one attached hydrogen (secondary N) is 1. The quantitative estimate of drug-likeness (QED) is 0.733. The van der Waals surface area contributed by atoms with Crippen LogP contribution in [0.3, 0.4) is 0 Å². The van der Waals surface area contributed by atoms with Gasteiger partial charge in [0, 0.05) is 23.9 Å². The Hall–Kier alpha value is -3.41. The second-order valence-electron chi connectivity index (χ2n) is 6.22. The molecule has 1 saturated heterocycles. The van der Waals surface area contributed by atoms with Crippen LogP contribution in [0.15, 0.2) is 53.1 Å². The summed E-state index contributed by atoms with van der Waals surface area (Å²) in [5.41, 5.74) is 2.98. The van der Waals surface area contributed by atoms with Crippen LogP contribution in [-0.2, 0) is 9.59 Å². The van der Waals surface area contributed by atoms with Crippen LogP contribution in [0.1, 0.15) is 28.8 Å². The number of anilines is 2. The summed E-state index contributed by atoms with van der Waals surface area (Å²) in [6.45, 7) is 1.80. The first-order valence-electron chi connectivity index (χ1n) is 8.28. The first-order valence-corrected chi connectivity index (χ1v) is 8.28. The van der Waals surface area contributed by atoms with E-state index in [9.17, 15) is 14.4 Å². The van der Waals surface area contributed by atoms with E-state index in [4.69, 9.17) is 4.42 Å². The highest BCUT2D eigenvalue weighted by Gasteiger charge is 2.31. The van der Waals surface area contributed by atoms with Gasteiger partial charge in [-0.1, -0.05) is 18.2 Å². The second kappa shape index (κ2) is 6.15. The maximum Gasteiger partial charge on any atom is 0.259 e. The van der Waals surface area contributed by atoms with Crippen molar-refractivity contribution in [3.05, 3.63) is 59.9 Å². The minimum atomic E-state index is -0.282. The molecule has 1 aliphatic heterocycles. The Balaban J connectivity index is 1.59. The summed E-state index contributed by atoms with van der Waals surface area (Å²) in [5, 5.41) is 3.57. The van der Waals surface area contributed by atoms with E-state index in [2.05, 4.69) is 5.32 Å². The number of furan rings is 1. The zero-order valence-corrected chi connectivity index (χ0v) is 14.1. The Morgan fingerprint density at radius 1 is 1.08 bits per heavy atom. The highest BCUT2D eigenvalue weighted by atomic mass is 16.3. The predicted octanol–water partition coefficient (Wildman–Crippen LogP) is 3.65. The van der Waals surface area contributed by atoms with E-state index in [1.54, 1.807) is 31.2 Å². The molecule has 0 aliphatic carbocycles. The number of aryl methyl sites for hydroxylation is 1. The Bertz CT molecular complexity index is 1030. The van der Waals surface area contributed by atoms with Gasteiger partial charge in [-0.15, -0.1) is 0 Å². The van der Waals surface area contributed by atoms with Crippen molar-refractivity contribution < 1.29 is 18.8 Å². The number of hydrogen-bond donors (Lipinski definition) is 1. The van der Waals surface area contributed by atoms with Gasteiger partial charge in [0.05, 0.1) is 11.3 Å². The Morgan fingerprint density at radius 3 is 2.54 bits per heavy atom. The summed E-state index contributed by atoms with van der Waals surface area (Å²) in [4.78, 5) is 37.6. The molecule has 0 spiro atoms. The van der Waals surface area contributed by atoms with Gasteiger partial charge in [0.15, 0.2) is 0 Å². The number of carbonyl (C=O) groups is 3. The first-order chi connectivity index (χ1) is 12.5. The van der Waals surface area contributed by atoms with Crippen LogP contribution in [0.25, 0.3) is 11.0 Å². The van der Waals surface area contributed by atoms with E-state index in [1.807, 2.05) is 18.2 Å². The third kappa shape index (κ3) is 2.65. The molecule has 2 aromatic carbocycles. The van der Waals surface area contributed by atoms with Gasteiger partial charge in [0.25, 0.3) is 5.91 Å². The number of fused-ring (bicyclic) bond motifs is 1. The van der Waals surface area contributed by atoms with Crippen LogP contribution in [0.4, 0.5) is 11.4 Å². The lowest BCUT2D eigenvalue weighted by Gasteiger charge is -2.17. The molecule has 6 heteroatoms. The summed E-state index contributed by atoms with van der Waals surface area (Å²) in [6.07, 6.45) is 1.91. The molecular formula is C20H16N2O4. The molecule has 130 valence electrons. The van der Waals surface area contributed by atoms with Crippen LogP contribution < -0.4 is 10.2 Å². The van der Waals surface area contributed by atoms with E-state index in [0.717, 1.165) is 10.9 Å². The van der Waals surface area contributed by atoms with Crippen molar-refractivity contribution in [3.8, 4) is 0 Å². The van der Waals surface area contributed by atoms with Crippen molar-refractivity contribution in [2.45, 2.75) is 19.8 Å². The van der Waals surface area contributed by atoms with Gasteiger partial charge in [-0.3, -0.25) is 19.3 Å². The number of hydrogen-bond acceptors (Lipinski definition) is 4. The largest absolute Gasteiger partial charge is 0.463 e. The number of benzene rings is 2. The van der Waals surface area contributed by atoms with Crippen molar-refractivity contribution in [2.24, 2.45) is 0 Å². The molecule has 0 unspecified atom stereocenters. The molecule has 2 heterocycles. The number of imide groups is 1. The molecule has 0 radical (unpaired) electrons. The molecule has 6 nitrogen and oxygen atoms in total. The highest BCUT2D eigenvalue weighted by molar-refractivity contribution is 6.20. The van der Waals surface area contributed by atoms with Crippen molar-refractivity contribution in [1.29, 1.82) is 0 Å². The van der Waals surface area contributed by atoms with Crippen molar-refractivity contribution in [3.63, 3.8) is 0 Å². The van der Waals surface area contributed by atoms with Gasteiger partial charge in [0.2, 0.25) is 11.8 Å². The monoisotopic (exact) mass is 348 g/mol. The number of rotatable bonds is 3. The van der Waals surface area contributed by atoms with Crippen molar-refractivity contribution in [1.82, 2.24) is 0 Å². The Kier molecular flexibility index (Phi) is 3.80. The summed E-state index contributed by atoms with van der Waals surface area (Å²) >= 11 is 0. The summed E-state index contributed by atoms with van der Waals surface area (Å²) < 4.78 is 5.40. The van der Waals surface area contributed by atoms with Gasteiger partial charge in [0.1, 0.15) is 11.8 Å². The number of nitrogens with zero attached hydrogens (tertiary/aromatic N) is 1. The van der Waals surface area contributed by atoms with Crippen LogP contribution in [0.5, 0.6) is 0 Å². The zero-order valence-electron chi connectivity index (χ0n) is 14.1. The fourth-order valence-corrected chi connectivity index (χ4v) is 3.18. The van der Waals surface area contributed by atoms with Gasteiger partial charge < -0.3 is 9.73 Å². The zero-order chi connectivity index (χ0) is 18.3. The standard InChI is InChI=1S/C20H16N2O4/c1-12-10-13(6-7-16(12)22-18(23)8-9-19(22)24)21-20(25)15-11-26-17-5-3-2-4-14(15)17/h2-7,10-11H,8-9H2,1H3,(H,21,25). The van der Waals surface area contributed by atoms with Crippen LogP contribution in [0, 0.1) is 6.92 Å². The topological polar surface area (TPSA) is 79.6 Å². The molecule has 3 amide bonds. The van der Waals surface area contributed by atoms with E-state index in [-0.39, 0.29) is 30.6 Å². The average molecular weight is 348 g/mol. The third-order valence-electron chi connectivity index (χ3n) is 4.47. The lowest BCUT2D eigenvalue weighted by molar-refractivity contribution is -0.121. The lowest BCUT2D eigenvalue weighted by Crippen LogP contribution is -2.29. The normalized spacial score (nSPS) is 14.3. The lowest BCUT2D eigenvalue weighted by atomic mass is 10.1. The molecule has 0 bridgehead atoms. The van der Waals surface area contributed by atoms with E-state index < -0.39 is 0 Å². The summed E-state index contributed by atoms with van der Waals surface area (Å²) in [5.74, 6) is -0.671. The molecule has 1 N–H and O–H groups in total. The number of para-hydroxylation sites is 1. The number of carbonyl (C=O) groups excluding carboxylic acids is 3. The smallest absolute Gasteiger partial charge is 0.259 e. The molecule has 1 fully saturated rings. The van der Waals surface area contributed by atoms with Gasteiger partial charge >= 0.3 is 0 Å². The molecule has 26 heavy (non-hydrogen) atoms. The van der Waals surface area contributed by atoms with Gasteiger partial charge in [-0.25, -0.2) is 0 Å². The minimum Gasteiger partial charge on any atom is -0.463 e.